The number of nitrogens with one attached hydrogen (secondary N) is 3. The van der Waals surface area contributed by atoms with Crippen molar-refractivity contribution in [2.45, 2.75) is 38.5 Å². The largest absolute Gasteiger partial charge is 0.309 e. The third-order valence-electron chi connectivity index (χ3n) is 4.61. The molecular formula is C21H24N4O3. The number of aromatic amines is 1. The number of hydrogen-bond donors (Lipinski definition) is 4. The van der Waals surface area contributed by atoms with Crippen LogP contribution in [0, 0.1) is 0 Å². The Morgan fingerprint density at radius 3 is 2.32 bits per heavy atom. The topological polar surface area (TPSA) is 107 Å². The zero-order valence-electron chi connectivity index (χ0n) is 15.6. The number of hydrogen-bond acceptors (Lipinski definition) is 4. The Balaban J connectivity index is 1.50. The van der Waals surface area contributed by atoms with Crippen molar-refractivity contribution in [3.63, 3.8) is 0 Å². The van der Waals surface area contributed by atoms with E-state index in [-0.39, 0.29) is 11.8 Å². The van der Waals surface area contributed by atoms with Crippen LogP contribution in [0.2, 0.25) is 0 Å². The van der Waals surface area contributed by atoms with E-state index >= 15 is 0 Å². The lowest BCUT2D eigenvalue weighted by Crippen LogP contribution is -2.17. The van der Waals surface area contributed by atoms with Gasteiger partial charge in [-0.2, -0.15) is 5.10 Å². The van der Waals surface area contributed by atoms with Crippen LogP contribution in [-0.2, 0) is 9.59 Å². The summed E-state index contributed by atoms with van der Waals surface area (Å²) in [6.45, 7) is 0. The number of benzene rings is 2. The first-order valence-electron chi connectivity index (χ1n) is 9.43. The van der Waals surface area contributed by atoms with Crippen LogP contribution in [0.1, 0.15) is 38.5 Å². The van der Waals surface area contributed by atoms with Gasteiger partial charge in [-0.3, -0.25) is 19.9 Å². The maximum Gasteiger partial charge on any atom is 0.243 e. The summed E-state index contributed by atoms with van der Waals surface area (Å²) in [6.07, 6.45) is 3.84. The highest BCUT2D eigenvalue weighted by atomic mass is 16.5. The Bertz CT molecular complexity index is 937. The van der Waals surface area contributed by atoms with E-state index in [1.807, 2.05) is 36.4 Å². The van der Waals surface area contributed by atoms with Crippen LogP contribution in [0.5, 0.6) is 0 Å². The Morgan fingerprint density at radius 1 is 0.893 bits per heavy atom. The maximum atomic E-state index is 12.2. The van der Waals surface area contributed by atoms with Gasteiger partial charge in [0, 0.05) is 18.2 Å². The molecule has 0 saturated carbocycles. The average molecular weight is 380 g/mol. The molecule has 0 radical (unpaired) electrons. The summed E-state index contributed by atoms with van der Waals surface area (Å²) in [4.78, 5) is 23.1. The molecule has 1 aromatic heterocycles. The SMILES string of the molecule is O=C(CCCCCCC(=O)Nc1n[nH]c2cc(-c3ccccc3)ccc12)NO. The van der Waals surface area contributed by atoms with E-state index in [0.29, 0.717) is 25.1 Å². The zero-order chi connectivity index (χ0) is 19.8. The lowest BCUT2D eigenvalue weighted by molar-refractivity contribution is -0.129. The monoisotopic (exact) mass is 380 g/mol. The Hall–Kier alpha value is -3.19. The highest BCUT2D eigenvalue weighted by Gasteiger charge is 2.10. The Kier molecular flexibility index (Phi) is 6.75. The van der Waals surface area contributed by atoms with Gasteiger partial charge in [0.05, 0.1) is 5.52 Å². The summed E-state index contributed by atoms with van der Waals surface area (Å²) in [5.74, 6) is 0.0893. The molecule has 0 spiro atoms. The molecule has 0 atom stereocenters. The summed E-state index contributed by atoms with van der Waals surface area (Å²) >= 11 is 0. The number of unbranched alkanes of at least 4 members (excludes halogenated alkanes) is 3. The van der Waals surface area contributed by atoms with Crippen molar-refractivity contribution in [3.05, 3.63) is 48.5 Å². The maximum absolute atomic E-state index is 12.2. The van der Waals surface area contributed by atoms with Gasteiger partial charge in [0.1, 0.15) is 0 Å². The Morgan fingerprint density at radius 2 is 1.61 bits per heavy atom. The predicted octanol–water partition coefficient (Wildman–Crippen LogP) is 4.01. The molecule has 3 rings (SSSR count). The number of carbonyl (C=O) groups excluding carboxylic acids is 2. The van der Waals surface area contributed by atoms with Gasteiger partial charge < -0.3 is 5.32 Å². The molecule has 0 aliphatic carbocycles. The number of hydroxylamine groups is 1. The van der Waals surface area contributed by atoms with Crippen molar-refractivity contribution in [2.24, 2.45) is 0 Å². The highest BCUT2D eigenvalue weighted by Crippen LogP contribution is 2.27. The number of fused-ring (bicyclic) bond motifs is 1. The first-order chi connectivity index (χ1) is 13.7. The minimum absolute atomic E-state index is 0.0753. The fourth-order valence-electron chi connectivity index (χ4n) is 3.10. The van der Waals surface area contributed by atoms with E-state index in [1.54, 1.807) is 5.48 Å². The molecule has 0 aliphatic heterocycles. The van der Waals surface area contributed by atoms with Gasteiger partial charge in [-0.15, -0.1) is 0 Å². The quantitative estimate of drug-likeness (QED) is 0.255. The molecule has 7 nitrogen and oxygen atoms in total. The number of aromatic nitrogens is 2. The minimum atomic E-state index is -0.376. The molecule has 4 N–H and O–H groups in total. The summed E-state index contributed by atoms with van der Waals surface area (Å²) in [7, 11) is 0. The molecule has 1 heterocycles. The summed E-state index contributed by atoms with van der Waals surface area (Å²) in [5.41, 5.74) is 4.70. The lowest BCUT2D eigenvalue weighted by atomic mass is 10.0. The predicted molar refractivity (Wildman–Crippen MR) is 108 cm³/mol. The van der Waals surface area contributed by atoms with Gasteiger partial charge in [-0.05, 0) is 36.1 Å². The van der Waals surface area contributed by atoms with Crippen LogP contribution in [-0.4, -0.2) is 27.2 Å². The van der Waals surface area contributed by atoms with Gasteiger partial charge >= 0.3 is 0 Å². The molecule has 0 bridgehead atoms. The van der Waals surface area contributed by atoms with Gasteiger partial charge in [-0.1, -0.05) is 49.2 Å². The number of H-pyrrole nitrogens is 1. The van der Waals surface area contributed by atoms with Gasteiger partial charge in [0.25, 0.3) is 0 Å². The van der Waals surface area contributed by atoms with Crippen LogP contribution in [0.4, 0.5) is 5.82 Å². The molecule has 2 amide bonds. The van der Waals surface area contributed by atoms with Crippen molar-refractivity contribution in [1.29, 1.82) is 0 Å². The number of carbonyl (C=O) groups is 2. The number of amides is 2. The van der Waals surface area contributed by atoms with E-state index in [9.17, 15) is 9.59 Å². The molecular weight excluding hydrogens is 356 g/mol. The highest BCUT2D eigenvalue weighted by molar-refractivity contribution is 6.00. The van der Waals surface area contributed by atoms with Gasteiger partial charge in [0.15, 0.2) is 5.82 Å². The second kappa shape index (κ2) is 9.66. The second-order valence-electron chi connectivity index (χ2n) is 6.70. The van der Waals surface area contributed by atoms with E-state index in [4.69, 9.17) is 5.21 Å². The van der Waals surface area contributed by atoms with Crippen molar-refractivity contribution in [2.75, 3.05) is 5.32 Å². The zero-order valence-corrected chi connectivity index (χ0v) is 15.6. The molecule has 0 aliphatic rings. The van der Waals surface area contributed by atoms with Crippen molar-refractivity contribution in [1.82, 2.24) is 15.7 Å². The molecule has 146 valence electrons. The Labute approximate surface area is 163 Å². The fourth-order valence-corrected chi connectivity index (χ4v) is 3.10. The van der Waals surface area contributed by atoms with E-state index in [0.717, 1.165) is 41.3 Å². The first kappa shape index (κ1) is 19.6. The standard InChI is InChI=1S/C21H24N4O3/c26-19(10-6-1-2-7-11-20(27)25-28)22-21-17-13-12-16(14-18(17)23-24-21)15-8-4-3-5-9-15/h3-5,8-9,12-14,28H,1-2,6-7,10-11H2,(H,25,27)(H2,22,23,24,26). The number of nitrogens with zero attached hydrogens (tertiary/aromatic N) is 1. The van der Waals surface area contributed by atoms with E-state index in [1.165, 1.54) is 0 Å². The van der Waals surface area contributed by atoms with Crippen molar-refractivity contribution >= 4 is 28.5 Å². The average Bonchev–Trinajstić information content (AvgIpc) is 3.12. The van der Waals surface area contributed by atoms with E-state index < -0.39 is 0 Å². The van der Waals surface area contributed by atoms with Crippen LogP contribution in [0.25, 0.3) is 22.0 Å². The third kappa shape index (κ3) is 5.17. The smallest absolute Gasteiger partial charge is 0.243 e. The van der Waals surface area contributed by atoms with E-state index in [2.05, 4.69) is 27.6 Å². The van der Waals surface area contributed by atoms with Crippen LogP contribution >= 0.6 is 0 Å². The lowest BCUT2D eigenvalue weighted by Gasteiger charge is -2.04. The molecule has 28 heavy (non-hydrogen) atoms. The molecule has 2 aromatic carbocycles. The number of anilines is 1. The first-order valence-corrected chi connectivity index (χ1v) is 9.43. The van der Waals surface area contributed by atoms with Gasteiger partial charge in [0.2, 0.25) is 11.8 Å². The normalized spacial score (nSPS) is 10.8. The van der Waals surface area contributed by atoms with Crippen LogP contribution in [0.15, 0.2) is 48.5 Å². The van der Waals surface area contributed by atoms with Crippen LogP contribution < -0.4 is 10.8 Å². The molecule has 3 aromatic rings. The summed E-state index contributed by atoms with van der Waals surface area (Å²) in [5, 5.41) is 19.4. The molecule has 0 unspecified atom stereocenters. The molecule has 0 saturated heterocycles. The van der Waals surface area contributed by atoms with Crippen LogP contribution in [0.3, 0.4) is 0 Å². The van der Waals surface area contributed by atoms with Crippen molar-refractivity contribution < 1.29 is 14.8 Å². The third-order valence-corrected chi connectivity index (χ3v) is 4.61. The molecule has 7 heteroatoms. The summed E-state index contributed by atoms with van der Waals surface area (Å²) in [6, 6.07) is 16.1. The van der Waals surface area contributed by atoms with Crippen molar-refractivity contribution in [3.8, 4) is 11.1 Å². The molecule has 0 fully saturated rings. The summed E-state index contributed by atoms with van der Waals surface area (Å²) < 4.78 is 0. The fraction of sp³-hybridized carbons (Fsp3) is 0.286. The number of rotatable bonds is 9. The minimum Gasteiger partial charge on any atom is -0.309 e. The second-order valence-corrected chi connectivity index (χ2v) is 6.70. The van der Waals surface area contributed by atoms with Gasteiger partial charge in [-0.25, -0.2) is 5.48 Å².